The van der Waals surface area contributed by atoms with Crippen LogP contribution in [0.1, 0.15) is 67.2 Å². The minimum absolute atomic E-state index is 0.131. The van der Waals surface area contributed by atoms with E-state index in [0.717, 1.165) is 47.9 Å². The molecule has 0 aliphatic carbocycles. The largest absolute Gasteiger partial charge is 0.416 e. The first-order valence-corrected chi connectivity index (χ1v) is 11.9. The van der Waals surface area contributed by atoms with Gasteiger partial charge in [-0.25, -0.2) is 8.78 Å². The number of aliphatic imine (C=N–C) groups is 1. The first-order chi connectivity index (χ1) is 17.1. The number of halogens is 5. The number of fused-ring (bicyclic) bond motifs is 1. The van der Waals surface area contributed by atoms with Crippen molar-refractivity contribution in [1.29, 1.82) is 0 Å². The van der Waals surface area contributed by atoms with E-state index in [2.05, 4.69) is 15.4 Å². The molecule has 1 unspecified atom stereocenters. The lowest BCUT2D eigenvalue weighted by atomic mass is 9.99. The molecule has 1 aromatic carbocycles. The molecule has 0 saturated carbocycles. The fourth-order valence-corrected chi connectivity index (χ4v) is 4.25. The molecule has 0 fully saturated rings. The molecule has 36 heavy (non-hydrogen) atoms. The van der Waals surface area contributed by atoms with E-state index in [4.69, 9.17) is 0 Å². The number of aromatic nitrogens is 2. The van der Waals surface area contributed by atoms with E-state index in [0.29, 0.717) is 17.9 Å². The van der Waals surface area contributed by atoms with Crippen molar-refractivity contribution >= 4 is 11.4 Å². The van der Waals surface area contributed by atoms with Crippen molar-refractivity contribution in [3.8, 4) is 0 Å². The van der Waals surface area contributed by atoms with Crippen LogP contribution in [0.25, 0.3) is 5.57 Å². The fraction of sp³-hybridized carbons (Fsp3) is 0.407. The minimum Gasteiger partial charge on any atom is -0.362 e. The van der Waals surface area contributed by atoms with Crippen molar-refractivity contribution < 1.29 is 22.0 Å². The molecule has 0 saturated heterocycles. The van der Waals surface area contributed by atoms with Gasteiger partial charge in [-0.3, -0.25) is 9.67 Å². The Balaban J connectivity index is 2.01. The van der Waals surface area contributed by atoms with E-state index in [9.17, 15) is 22.0 Å². The molecular formula is C27H31F5N4. The Morgan fingerprint density at radius 3 is 2.64 bits per heavy atom. The summed E-state index contributed by atoms with van der Waals surface area (Å²) < 4.78 is 70.4. The minimum atomic E-state index is -4.61. The SMILES string of the molecule is C\C=C(F)/C(=C\C(=C\CC)C(F)(F)F)c1cc2n(n1)CCCC2NC(=NC)c1cc(CF)ccc1C. The molecule has 9 heteroatoms. The molecule has 0 amide bonds. The van der Waals surface area contributed by atoms with E-state index in [1.165, 1.54) is 6.92 Å². The number of rotatable bonds is 7. The molecule has 1 N–H and O–H groups in total. The van der Waals surface area contributed by atoms with Gasteiger partial charge in [0, 0.05) is 24.7 Å². The lowest BCUT2D eigenvalue weighted by Gasteiger charge is -2.26. The number of hydrogen-bond donors (Lipinski definition) is 1. The number of alkyl halides is 4. The molecule has 0 radical (unpaired) electrons. The van der Waals surface area contributed by atoms with Crippen LogP contribution < -0.4 is 5.32 Å². The smallest absolute Gasteiger partial charge is 0.362 e. The molecular weight excluding hydrogens is 475 g/mol. The topological polar surface area (TPSA) is 42.2 Å². The summed E-state index contributed by atoms with van der Waals surface area (Å²) in [7, 11) is 1.64. The van der Waals surface area contributed by atoms with E-state index < -0.39 is 24.3 Å². The molecule has 0 spiro atoms. The monoisotopic (exact) mass is 506 g/mol. The highest BCUT2D eigenvalue weighted by Crippen LogP contribution is 2.35. The average molecular weight is 507 g/mol. The lowest BCUT2D eigenvalue weighted by Crippen LogP contribution is -2.33. The van der Waals surface area contributed by atoms with E-state index in [1.54, 1.807) is 36.9 Å². The second-order valence-electron chi connectivity index (χ2n) is 8.63. The van der Waals surface area contributed by atoms with Gasteiger partial charge in [0.05, 0.1) is 23.0 Å². The fourth-order valence-electron chi connectivity index (χ4n) is 4.25. The van der Waals surface area contributed by atoms with Crippen molar-refractivity contribution in [2.75, 3.05) is 7.05 Å². The molecule has 194 valence electrons. The van der Waals surface area contributed by atoms with Gasteiger partial charge in [0.2, 0.25) is 0 Å². The van der Waals surface area contributed by atoms with Gasteiger partial charge in [-0.15, -0.1) is 0 Å². The average Bonchev–Trinajstić information content (AvgIpc) is 3.29. The van der Waals surface area contributed by atoms with Gasteiger partial charge < -0.3 is 5.32 Å². The predicted molar refractivity (Wildman–Crippen MR) is 133 cm³/mol. The number of benzene rings is 1. The number of allylic oxidation sites excluding steroid dienone is 6. The summed E-state index contributed by atoms with van der Waals surface area (Å²) >= 11 is 0. The van der Waals surface area contributed by atoms with E-state index >= 15 is 0 Å². The molecule has 1 aromatic heterocycles. The summed E-state index contributed by atoms with van der Waals surface area (Å²) in [6.07, 6.45) is 0.00659. The maximum atomic E-state index is 14.8. The number of nitrogens with zero attached hydrogens (tertiary/aromatic N) is 3. The summed E-state index contributed by atoms with van der Waals surface area (Å²) in [5.41, 5.74) is 1.95. The van der Waals surface area contributed by atoms with Crippen LogP contribution in [0.4, 0.5) is 22.0 Å². The van der Waals surface area contributed by atoms with Crippen LogP contribution in [0.15, 0.2) is 58.9 Å². The van der Waals surface area contributed by atoms with E-state index in [-0.39, 0.29) is 23.7 Å². The van der Waals surface area contributed by atoms with Crippen LogP contribution >= 0.6 is 0 Å². The van der Waals surface area contributed by atoms with Crippen molar-refractivity contribution in [3.05, 3.63) is 82.0 Å². The molecule has 3 rings (SSSR count). The van der Waals surface area contributed by atoms with Gasteiger partial charge in [-0.1, -0.05) is 31.2 Å². The molecule has 0 bridgehead atoms. The highest BCUT2D eigenvalue weighted by Gasteiger charge is 2.33. The second kappa shape index (κ2) is 11.7. The molecule has 1 aliphatic heterocycles. The molecule has 1 aliphatic rings. The van der Waals surface area contributed by atoms with Gasteiger partial charge in [-0.05, 0) is 62.4 Å². The van der Waals surface area contributed by atoms with Crippen LogP contribution in [-0.4, -0.2) is 28.8 Å². The quantitative estimate of drug-likeness (QED) is 0.185. The Bertz CT molecular complexity index is 1200. The molecule has 1 atom stereocenters. The number of nitrogens with one attached hydrogen (secondary N) is 1. The van der Waals surface area contributed by atoms with Gasteiger partial charge >= 0.3 is 6.18 Å². The highest BCUT2D eigenvalue weighted by molar-refractivity contribution is 6.00. The van der Waals surface area contributed by atoms with Gasteiger partial charge in [-0.2, -0.15) is 18.3 Å². The third-order valence-electron chi connectivity index (χ3n) is 6.11. The maximum absolute atomic E-state index is 14.8. The van der Waals surface area contributed by atoms with Crippen molar-refractivity contribution in [3.63, 3.8) is 0 Å². The zero-order valence-electron chi connectivity index (χ0n) is 20.9. The molecule has 4 nitrogen and oxygen atoms in total. The van der Waals surface area contributed by atoms with Gasteiger partial charge in [0.1, 0.15) is 18.3 Å². The normalized spacial score (nSPS) is 17.9. The van der Waals surface area contributed by atoms with Gasteiger partial charge in [0.15, 0.2) is 0 Å². The summed E-state index contributed by atoms with van der Waals surface area (Å²) in [5.74, 6) is -0.208. The Morgan fingerprint density at radius 2 is 2.03 bits per heavy atom. The third kappa shape index (κ3) is 6.12. The number of hydrogen-bond acceptors (Lipinski definition) is 2. The Kier molecular flexibility index (Phi) is 8.87. The third-order valence-corrected chi connectivity index (χ3v) is 6.11. The number of amidine groups is 1. The first kappa shape index (κ1) is 27.4. The first-order valence-electron chi connectivity index (χ1n) is 11.9. The standard InChI is InChI=1S/C27H31F5N4/c1-5-8-19(27(30,31)32)14-21(22(29)6-2)24-15-25-23(9-7-12-36(25)35-24)34-26(33-4)20-13-18(16-28)11-10-17(20)3/h6,8,10-11,13-15,23H,5,7,9,12,16H2,1-4H3,(H,33,34)/b19-8-,21-14+,22-6+. The summed E-state index contributed by atoms with van der Waals surface area (Å²) in [4.78, 5) is 4.37. The highest BCUT2D eigenvalue weighted by atomic mass is 19.4. The lowest BCUT2D eigenvalue weighted by molar-refractivity contribution is -0.0883. The Labute approximate surface area is 208 Å². The van der Waals surface area contributed by atoms with Crippen molar-refractivity contribution in [2.45, 2.75) is 65.5 Å². The summed E-state index contributed by atoms with van der Waals surface area (Å²) in [5, 5.41) is 7.86. The van der Waals surface area contributed by atoms with Crippen LogP contribution in [0, 0.1) is 6.92 Å². The van der Waals surface area contributed by atoms with Crippen LogP contribution in [-0.2, 0) is 13.2 Å². The van der Waals surface area contributed by atoms with Crippen LogP contribution in [0.5, 0.6) is 0 Å². The molecule has 2 heterocycles. The zero-order chi connectivity index (χ0) is 26.5. The second-order valence-corrected chi connectivity index (χ2v) is 8.63. The predicted octanol–water partition coefficient (Wildman–Crippen LogP) is 7.32. The maximum Gasteiger partial charge on any atom is 0.416 e. The van der Waals surface area contributed by atoms with Crippen LogP contribution in [0.3, 0.4) is 0 Å². The van der Waals surface area contributed by atoms with Crippen molar-refractivity contribution in [2.24, 2.45) is 4.99 Å². The summed E-state index contributed by atoms with van der Waals surface area (Å²) in [6.45, 7) is 4.89. The van der Waals surface area contributed by atoms with Gasteiger partial charge in [0.25, 0.3) is 0 Å². The number of aryl methyl sites for hydroxylation is 2. The Hall–Kier alpha value is -3.23. The van der Waals surface area contributed by atoms with Crippen LogP contribution in [0.2, 0.25) is 0 Å². The summed E-state index contributed by atoms with van der Waals surface area (Å²) in [6, 6.07) is 6.68. The van der Waals surface area contributed by atoms with Crippen molar-refractivity contribution in [1.82, 2.24) is 15.1 Å². The molecule has 2 aromatic rings. The van der Waals surface area contributed by atoms with E-state index in [1.807, 2.05) is 13.0 Å². The zero-order valence-corrected chi connectivity index (χ0v) is 20.9. The Morgan fingerprint density at radius 1 is 1.28 bits per heavy atom.